The minimum Gasteiger partial charge on any atom is -0.455 e. The third-order valence-electron chi connectivity index (χ3n) is 3.58. The number of oxazole rings is 1. The molecule has 0 bridgehead atoms. The number of aromatic nitrogens is 1. The molecule has 2 heterocycles. The number of rotatable bonds is 6. The Morgan fingerprint density at radius 2 is 1.96 bits per heavy atom. The molecule has 136 valence electrons. The zero-order chi connectivity index (χ0) is 18.7. The Balaban J connectivity index is 1.64. The van der Waals surface area contributed by atoms with Crippen molar-refractivity contribution in [3.63, 3.8) is 0 Å². The van der Waals surface area contributed by atoms with E-state index in [4.69, 9.17) is 9.15 Å². The van der Waals surface area contributed by atoms with E-state index >= 15 is 0 Å². The predicted octanol–water partition coefficient (Wildman–Crippen LogP) is 3.61. The Morgan fingerprint density at radius 3 is 2.58 bits per heavy atom. The number of nitrogens with zero attached hydrogens (tertiary/aromatic N) is 1. The molecule has 0 saturated carbocycles. The predicted molar refractivity (Wildman–Crippen MR) is 98.7 cm³/mol. The van der Waals surface area contributed by atoms with Gasteiger partial charge in [-0.3, -0.25) is 0 Å². The van der Waals surface area contributed by atoms with E-state index < -0.39 is 15.8 Å². The molecule has 6 nitrogen and oxygen atoms in total. The van der Waals surface area contributed by atoms with E-state index in [0.29, 0.717) is 28.5 Å². The van der Waals surface area contributed by atoms with Gasteiger partial charge in [0.1, 0.15) is 18.1 Å². The van der Waals surface area contributed by atoms with Gasteiger partial charge in [-0.15, -0.1) is 11.3 Å². The first-order chi connectivity index (χ1) is 12.3. The van der Waals surface area contributed by atoms with Crippen molar-refractivity contribution in [3.8, 4) is 10.8 Å². The average molecular weight is 391 g/mol. The van der Waals surface area contributed by atoms with Crippen LogP contribution in [0.1, 0.15) is 27.4 Å². The Labute approximate surface area is 155 Å². The second-order valence-electron chi connectivity index (χ2n) is 5.84. The second kappa shape index (κ2) is 7.43. The highest BCUT2D eigenvalue weighted by Crippen LogP contribution is 2.26. The van der Waals surface area contributed by atoms with Crippen molar-refractivity contribution in [1.82, 2.24) is 4.98 Å². The summed E-state index contributed by atoms with van der Waals surface area (Å²) in [6.45, 7) is 1.78. The molecule has 0 aliphatic heterocycles. The molecule has 0 N–H and O–H groups in total. The van der Waals surface area contributed by atoms with Crippen molar-refractivity contribution in [3.05, 3.63) is 64.4 Å². The van der Waals surface area contributed by atoms with Crippen LogP contribution in [0.25, 0.3) is 10.8 Å². The van der Waals surface area contributed by atoms with Crippen LogP contribution in [0.3, 0.4) is 0 Å². The Bertz CT molecular complexity index is 1000. The van der Waals surface area contributed by atoms with E-state index in [1.807, 2.05) is 17.5 Å². The molecule has 2 aromatic heterocycles. The monoisotopic (exact) mass is 391 g/mol. The largest absolute Gasteiger partial charge is 0.455 e. The number of ether oxygens (including phenoxy) is 1. The van der Waals surface area contributed by atoms with Gasteiger partial charge in [0.2, 0.25) is 5.89 Å². The standard InChI is InChI=1S/C18H17NO5S2/c1-12-15(19-17(24-12)16-4-3-9-25-16)10-23-18(20)14-7-5-13(6-8-14)11-26(2,21)22/h3-9H,10-11H2,1-2H3. The summed E-state index contributed by atoms with van der Waals surface area (Å²) in [4.78, 5) is 17.4. The minimum atomic E-state index is -3.11. The Kier molecular flexibility index (Phi) is 5.24. The third-order valence-corrected chi connectivity index (χ3v) is 5.30. The Morgan fingerprint density at radius 1 is 1.23 bits per heavy atom. The van der Waals surface area contributed by atoms with Crippen molar-refractivity contribution in [2.45, 2.75) is 19.3 Å². The fourth-order valence-corrected chi connectivity index (χ4v) is 3.77. The van der Waals surface area contributed by atoms with Crippen LogP contribution < -0.4 is 0 Å². The lowest BCUT2D eigenvalue weighted by Gasteiger charge is -2.04. The van der Waals surface area contributed by atoms with Crippen LogP contribution in [0.2, 0.25) is 0 Å². The summed E-state index contributed by atoms with van der Waals surface area (Å²) in [5.41, 5.74) is 1.54. The fraction of sp³-hybridized carbons (Fsp3) is 0.222. The molecule has 0 amide bonds. The van der Waals surface area contributed by atoms with Crippen LogP contribution in [0.4, 0.5) is 0 Å². The number of hydrogen-bond acceptors (Lipinski definition) is 7. The molecule has 0 spiro atoms. The number of carbonyl (C=O) groups excluding carboxylic acids is 1. The van der Waals surface area contributed by atoms with Crippen molar-refractivity contribution < 1.29 is 22.4 Å². The van der Waals surface area contributed by atoms with E-state index in [1.54, 1.807) is 31.2 Å². The lowest BCUT2D eigenvalue weighted by molar-refractivity contribution is 0.0467. The molecule has 26 heavy (non-hydrogen) atoms. The lowest BCUT2D eigenvalue weighted by Crippen LogP contribution is -2.07. The number of benzene rings is 1. The van der Waals surface area contributed by atoms with Gasteiger partial charge in [-0.25, -0.2) is 18.2 Å². The maximum absolute atomic E-state index is 12.2. The van der Waals surface area contributed by atoms with Gasteiger partial charge in [0, 0.05) is 6.26 Å². The van der Waals surface area contributed by atoms with E-state index in [1.165, 1.54) is 17.6 Å². The first-order valence-electron chi connectivity index (χ1n) is 7.76. The van der Waals surface area contributed by atoms with E-state index in [2.05, 4.69) is 4.98 Å². The topological polar surface area (TPSA) is 86.5 Å². The molecule has 0 unspecified atom stereocenters. The molecular formula is C18H17NO5S2. The second-order valence-corrected chi connectivity index (χ2v) is 8.93. The maximum atomic E-state index is 12.2. The molecule has 8 heteroatoms. The number of esters is 1. The van der Waals surface area contributed by atoms with Gasteiger partial charge in [0.05, 0.1) is 16.2 Å². The minimum absolute atomic E-state index is 0.00460. The highest BCUT2D eigenvalue weighted by Gasteiger charge is 2.15. The summed E-state index contributed by atoms with van der Waals surface area (Å²) >= 11 is 1.52. The molecule has 3 aromatic rings. The van der Waals surface area contributed by atoms with Crippen LogP contribution in [0.5, 0.6) is 0 Å². The van der Waals surface area contributed by atoms with Crippen LogP contribution in [0, 0.1) is 6.92 Å². The fourth-order valence-electron chi connectivity index (χ4n) is 2.32. The van der Waals surface area contributed by atoms with Crippen LogP contribution in [-0.2, 0) is 26.9 Å². The van der Waals surface area contributed by atoms with Gasteiger partial charge in [0.25, 0.3) is 0 Å². The number of aryl methyl sites for hydroxylation is 1. The SMILES string of the molecule is Cc1oc(-c2cccs2)nc1COC(=O)c1ccc(CS(C)(=O)=O)cc1. The van der Waals surface area contributed by atoms with Crippen molar-refractivity contribution in [1.29, 1.82) is 0 Å². The molecule has 0 aliphatic rings. The van der Waals surface area contributed by atoms with Crippen molar-refractivity contribution in [2.24, 2.45) is 0 Å². The summed E-state index contributed by atoms with van der Waals surface area (Å²) < 4.78 is 33.5. The van der Waals surface area contributed by atoms with E-state index in [9.17, 15) is 13.2 Å². The van der Waals surface area contributed by atoms with Crippen LogP contribution >= 0.6 is 11.3 Å². The average Bonchev–Trinajstić information content (AvgIpc) is 3.21. The summed E-state index contributed by atoms with van der Waals surface area (Å²) in [5.74, 6) is 0.542. The molecule has 0 fully saturated rings. The maximum Gasteiger partial charge on any atom is 0.338 e. The molecular weight excluding hydrogens is 374 g/mol. The molecule has 0 atom stereocenters. The molecule has 1 aromatic carbocycles. The van der Waals surface area contributed by atoms with E-state index in [0.717, 1.165) is 4.88 Å². The van der Waals surface area contributed by atoms with Gasteiger partial charge < -0.3 is 9.15 Å². The van der Waals surface area contributed by atoms with Crippen LogP contribution in [-0.4, -0.2) is 25.6 Å². The van der Waals surface area contributed by atoms with E-state index in [-0.39, 0.29) is 12.4 Å². The highest BCUT2D eigenvalue weighted by molar-refractivity contribution is 7.89. The number of carbonyl (C=O) groups is 1. The summed E-state index contributed by atoms with van der Waals surface area (Å²) in [7, 11) is -3.11. The summed E-state index contributed by atoms with van der Waals surface area (Å²) in [5, 5.41) is 1.93. The number of thiophene rings is 1. The van der Waals surface area contributed by atoms with Crippen LogP contribution in [0.15, 0.2) is 46.2 Å². The Hall–Kier alpha value is -2.45. The third kappa shape index (κ3) is 4.59. The number of sulfone groups is 1. The smallest absolute Gasteiger partial charge is 0.338 e. The summed E-state index contributed by atoms with van der Waals surface area (Å²) in [6, 6.07) is 10.1. The first-order valence-corrected chi connectivity index (χ1v) is 10.7. The quantitative estimate of drug-likeness (QED) is 0.597. The van der Waals surface area contributed by atoms with Crippen molar-refractivity contribution in [2.75, 3.05) is 6.26 Å². The van der Waals surface area contributed by atoms with Crippen molar-refractivity contribution >= 4 is 27.1 Å². The zero-order valence-corrected chi connectivity index (χ0v) is 15.9. The highest BCUT2D eigenvalue weighted by atomic mass is 32.2. The normalized spacial score (nSPS) is 11.5. The molecule has 0 aliphatic carbocycles. The molecule has 0 saturated heterocycles. The van der Waals surface area contributed by atoms with Gasteiger partial charge >= 0.3 is 5.97 Å². The van der Waals surface area contributed by atoms with Gasteiger partial charge in [-0.1, -0.05) is 18.2 Å². The molecule has 3 rings (SSSR count). The first kappa shape index (κ1) is 18.3. The zero-order valence-electron chi connectivity index (χ0n) is 14.3. The van der Waals surface area contributed by atoms with Gasteiger partial charge in [-0.2, -0.15) is 0 Å². The van der Waals surface area contributed by atoms with Gasteiger partial charge in [0.15, 0.2) is 9.84 Å². The molecule has 0 radical (unpaired) electrons. The number of hydrogen-bond donors (Lipinski definition) is 0. The summed E-state index contributed by atoms with van der Waals surface area (Å²) in [6.07, 6.45) is 1.17. The van der Waals surface area contributed by atoms with Gasteiger partial charge in [-0.05, 0) is 36.1 Å². The lowest BCUT2D eigenvalue weighted by atomic mass is 10.1.